The van der Waals surface area contributed by atoms with Crippen LogP contribution in [-0.4, -0.2) is 26.8 Å². The summed E-state index contributed by atoms with van der Waals surface area (Å²) in [5, 5.41) is 13.6. The monoisotopic (exact) mass is 303 g/mol. The summed E-state index contributed by atoms with van der Waals surface area (Å²) in [6.45, 7) is 0.664. The Kier molecular flexibility index (Phi) is 4.87. The van der Waals surface area contributed by atoms with Crippen molar-refractivity contribution in [1.29, 1.82) is 0 Å². The maximum atomic E-state index is 5.78. The zero-order chi connectivity index (χ0) is 14.5. The molecular formula is C15H21N5S. The first-order chi connectivity index (χ1) is 10.4. The Hall–Kier alpha value is -1.40. The van der Waals surface area contributed by atoms with Gasteiger partial charge in [0.05, 0.1) is 6.04 Å². The number of rotatable bonds is 6. The van der Waals surface area contributed by atoms with Gasteiger partial charge < -0.3 is 5.73 Å². The Balaban J connectivity index is 1.78. The van der Waals surface area contributed by atoms with E-state index in [-0.39, 0.29) is 0 Å². The predicted molar refractivity (Wildman–Crippen MR) is 84.0 cm³/mol. The van der Waals surface area contributed by atoms with E-state index in [0.29, 0.717) is 17.8 Å². The number of hydrogen-bond donors (Lipinski definition) is 1. The van der Waals surface area contributed by atoms with Crippen LogP contribution in [0.25, 0.3) is 0 Å². The Morgan fingerprint density at radius 1 is 1.24 bits per heavy atom. The Bertz CT molecular complexity index is 550. The van der Waals surface area contributed by atoms with Gasteiger partial charge >= 0.3 is 0 Å². The Morgan fingerprint density at radius 3 is 2.71 bits per heavy atom. The maximum absolute atomic E-state index is 5.78. The fourth-order valence-electron chi connectivity index (χ4n) is 2.88. The smallest absolute Gasteiger partial charge is 0.210 e. The lowest BCUT2D eigenvalue weighted by Crippen LogP contribution is -2.10. The molecule has 3 rings (SSSR count). The van der Waals surface area contributed by atoms with Gasteiger partial charge in [0.15, 0.2) is 0 Å². The molecule has 0 bridgehead atoms. The summed E-state index contributed by atoms with van der Waals surface area (Å²) in [6, 6.07) is 10.9. The highest BCUT2D eigenvalue weighted by molar-refractivity contribution is 7.99. The lowest BCUT2D eigenvalue weighted by Gasteiger charge is -2.17. The molecule has 1 fully saturated rings. The minimum absolute atomic E-state index is 0.308. The molecule has 1 aliphatic rings. The van der Waals surface area contributed by atoms with Gasteiger partial charge in [0.2, 0.25) is 5.16 Å². The maximum Gasteiger partial charge on any atom is 0.210 e. The Labute approximate surface area is 129 Å². The molecule has 5 nitrogen and oxygen atoms in total. The van der Waals surface area contributed by atoms with Gasteiger partial charge in [0.1, 0.15) is 0 Å². The van der Waals surface area contributed by atoms with Gasteiger partial charge in [-0.05, 0) is 41.8 Å². The SMILES string of the molecule is NCCC(Sc1nnnn1C1CCCC1)c1ccccc1. The van der Waals surface area contributed by atoms with Crippen molar-refractivity contribution in [3.63, 3.8) is 0 Å². The quantitative estimate of drug-likeness (QED) is 0.831. The molecule has 0 amide bonds. The summed E-state index contributed by atoms with van der Waals surface area (Å²) < 4.78 is 2.02. The normalized spacial score (nSPS) is 17.2. The minimum Gasteiger partial charge on any atom is -0.330 e. The van der Waals surface area contributed by atoms with Gasteiger partial charge in [-0.1, -0.05) is 54.9 Å². The summed E-state index contributed by atoms with van der Waals surface area (Å²) in [5.41, 5.74) is 7.07. The summed E-state index contributed by atoms with van der Waals surface area (Å²) in [5.74, 6) is 0. The van der Waals surface area contributed by atoms with Crippen molar-refractivity contribution >= 4 is 11.8 Å². The first-order valence-electron chi connectivity index (χ1n) is 7.58. The van der Waals surface area contributed by atoms with Crippen molar-refractivity contribution in [1.82, 2.24) is 20.2 Å². The third-order valence-corrected chi connectivity index (χ3v) is 5.25. The standard InChI is InChI=1S/C15H21N5S/c16-11-10-14(12-6-2-1-3-7-12)21-15-17-18-19-20(15)13-8-4-5-9-13/h1-3,6-7,13-14H,4-5,8-11,16H2. The number of benzene rings is 1. The summed E-state index contributed by atoms with van der Waals surface area (Å²) >= 11 is 1.73. The van der Waals surface area contributed by atoms with E-state index in [1.807, 2.05) is 10.7 Å². The van der Waals surface area contributed by atoms with Crippen molar-refractivity contribution in [2.75, 3.05) is 6.54 Å². The van der Waals surface area contributed by atoms with Crippen LogP contribution in [0.5, 0.6) is 0 Å². The zero-order valence-corrected chi connectivity index (χ0v) is 12.9. The van der Waals surface area contributed by atoms with Crippen molar-refractivity contribution in [3.05, 3.63) is 35.9 Å². The molecule has 1 saturated carbocycles. The first-order valence-corrected chi connectivity index (χ1v) is 8.46. The fourth-order valence-corrected chi connectivity index (χ4v) is 4.06. The van der Waals surface area contributed by atoms with Crippen LogP contribution in [0.3, 0.4) is 0 Å². The second kappa shape index (κ2) is 7.04. The van der Waals surface area contributed by atoms with E-state index in [0.717, 1.165) is 11.6 Å². The topological polar surface area (TPSA) is 69.6 Å². The molecule has 1 aliphatic carbocycles. The highest BCUT2D eigenvalue weighted by Crippen LogP contribution is 2.38. The van der Waals surface area contributed by atoms with E-state index in [1.165, 1.54) is 31.2 Å². The molecule has 0 aliphatic heterocycles. The van der Waals surface area contributed by atoms with Crippen LogP contribution in [0.1, 0.15) is 49.0 Å². The molecule has 1 heterocycles. The zero-order valence-electron chi connectivity index (χ0n) is 12.1. The molecule has 6 heteroatoms. The van der Waals surface area contributed by atoms with Gasteiger partial charge in [-0.25, -0.2) is 4.68 Å². The summed E-state index contributed by atoms with van der Waals surface area (Å²) in [7, 11) is 0. The molecule has 1 aromatic heterocycles. The van der Waals surface area contributed by atoms with E-state index >= 15 is 0 Å². The van der Waals surface area contributed by atoms with Crippen LogP contribution in [0.15, 0.2) is 35.5 Å². The number of nitrogens with zero attached hydrogens (tertiary/aromatic N) is 4. The van der Waals surface area contributed by atoms with E-state index in [4.69, 9.17) is 5.73 Å². The number of hydrogen-bond acceptors (Lipinski definition) is 5. The van der Waals surface area contributed by atoms with Gasteiger partial charge in [-0.2, -0.15) is 0 Å². The minimum atomic E-state index is 0.308. The highest BCUT2D eigenvalue weighted by atomic mass is 32.2. The van der Waals surface area contributed by atoms with Crippen LogP contribution in [0.2, 0.25) is 0 Å². The van der Waals surface area contributed by atoms with Crippen LogP contribution >= 0.6 is 11.8 Å². The molecule has 1 aromatic carbocycles. The molecule has 1 unspecified atom stereocenters. The molecule has 2 N–H and O–H groups in total. The van der Waals surface area contributed by atoms with Crippen molar-refractivity contribution in [2.24, 2.45) is 5.73 Å². The summed E-state index contributed by atoms with van der Waals surface area (Å²) in [6.07, 6.45) is 5.85. The first kappa shape index (κ1) is 14.5. The molecular weight excluding hydrogens is 282 g/mol. The molecule has 0 radical (unpaired) electrons. The van der Waals surface area contributed by atoms with E-state index in [9.17, 15) is 0 Å². The lowest BCUT2D eigenvalue weighted by atomic mass is 10.1. The fraction of sp³-hybridized carbons (Fsp3) is 0.533. The third-order valence-electron chi connectivity index (χ3n) is 3.98. The van der Waals surface area contributed by atoms with Crippen molar-refractivity contribution in [3.8, 4) is 0 Å². The third kappa shape index (κ3) is 3.44. The van der Waals surface area contributed by atoms with Gasteiger partial charge in [-0.3, -0.25) is 0 Å². The molecule has 1 atom stereocenters. The summed E-state index contributed by atoms with van der Waals surface area (Å²) in [4.78, 5) is 0. The highest BCUT2D eigenvalue weighted by Gasteiger charge is 2.24. The second-order valence-corrected chi connectivity index (χ2v) is 6.61. The van der Waals surface area contributed by atoms with Crippen molar-refractivity contribution in [2.45, 2.75) is 48.6 Å². The predicted octanol–water partition coefficient (Wildman–Crippen LogP) is 2.97. The molecule has 0 spiro atoms. The number of aromatic nitrogens is 4. The molecule has 0 saturated heterocycles. The average molecular weight is 303 g/mol. The number of thioether (sulfide) groups is 1. The van der Waals surface area contributed by atoms with Gasteiger partial charge in [-0.15, -0.1) is 5.10 Å². The van der Waals surface area contributed by atoms with Gasteiger partial charge in [0.25, 0.3) is 0 Å². The van der Waals surface area contributed by atoms with Crippen LogP contribution in [0.4, 0.5) is 0 Å². The number of nitrogens with two attached hydrogens (primary N) is 1. The average Bonchev–Trinajstić information content (AvgIpc) is 3.18. The number of tetrazole rings is 1. The van der Waals surface area contributed by atoms with E-state index < -0.39 is 0 Å². The molecule has 2 aromatic rings. The van der Waals surface area contributed by atoms with Crippen LogP contribution < -0.4 is 5.73 Å². The van der Waals surface area contributed by atoms with Crippen LogP contribution in [-0.2, 0) is 0 Å². The molecule has 21 heavy (non-hydrogen) atoms. The second-order valence-electron chi connectivity index (χ2n) is 5.44. The Morgan fingerprint density at radius 2 is 2.00 bits per heavy atom. The largest absolute Gasteiger partial charge is 0.330 e. The van der Waals surface area contributed by atoms with Gasteiger partial charge in [0, 0.05) is 5.25 Å². The van der Waals surface area contributed by atoms with Crippen molar-refractivity contribution < 1.29 is 0 Å². The molecule has 112 valence electrons. The van der Waals surface area contributed by atoms with Crippen LogP contribution in [0, 0.1) is 0 Å². The lowest BCUT2D eigenvalue weighted by molar-refractivity contribution is 0.422. The van der Waals surface area contributed by atoms with E-state index in [1.54, 1.807) is 11.8 Å². The van der Waals surface area contributed by atoms with E-state index in [2.05, 4.69) is 39.8 Å².